The molecule has 5 saturated heterocycles. The third kappa shape index (κ3) is 8.67. The second-order valence-corrected chi connectivity index (χ2v) is 21.5. The standard InChI is InChI=1S/C52H57F5N8O5/c1-3-33-37(53)7-5-30-17-32(66)20-35(41(30)33)44-43(56)45-36(21-58-44)46(64-14-4-9-49(2,69)22-64)61-48(60-45)70-29-51(10-11-51)25-62-15-12-50(13-16-62)23-63(24-50)26-52(57)27-65(28-52)31-18-38(54)42(39(55)19-31)34-6-8-40(67)59-47(34)68/h5,7,17-21,34,66,69H,3-4,6,8-16,22-29H2,1-2H3,(H,59,67,68)/t34?,49-/m1/s1. The number of aromatic hydroxyl groups is 1. The normalized spacial score (nSPS) is 24.2. The summed E-state index contributed by atoms with van der Waals surface area (Å²) in [5.41, 5.74) is -2.20. The van der Waals surface area contributed by atoms with Crippen molar-refractivity contribution in [3.05, 3.63) is 77.0 Å². The van der Waals surface area contributed by atoms with Crippen LogP contribution in [0.5, 0.6) is 11.8 Å². The molecule has 0 radical (unpaired) electrons. The minimum absolute atomic E-state index is 0.00102. The molecule has 0 bridgehead atoms. The maximum atomic E-state index is 17.1. The van der Waals surface area contributed by atoms with Crippen molar-refractivity contribution in [2.75, 3.05) is 81.9 Å². The summed E-state index contributed by atoms with van der Waals surface area (Å²) >= 11 is 0. The van der Waals surface area contributed by atoms with Gasteiger partial charge in [0.25, 0.3) is 0 Å². The number of aromatic nitrogens is 3. The number of hydrogen-bond acceptors (Lipinski definition) is 12. The number of fused-ring (bicyclic) bond motifs is 2. The summed E-state index contributed by atoms with van der Waals surface area (Å²) in [7, 11) is 0. The van der Waals surface area contributed by atoms with E-state index in [-0.39, 0.29) is 89.6 Å². The Hall–Kier alpha value is -5.72. The van der Waals surface area contributed by atoms with Gasteiger partial charge in [-0.2, -0.15) is 9.97 Å². The third-order valence-corrected chi connectivity index (χ3v) is 15.9. The van der Waals surface area contributed by atoms with E-state index < -0.39 is 52.3 Å². The number of piperidine rings is 3. The van der Waals surface area contributed by atoms with Gasteiger partial charge < -0.3 is 29.6 Å². The fraction of sp³-hybridized carbons (Fsp3) is 0.519. The van der Waals surface area contributed by atoms with Crippen LogP contribution in [-0.2, 0) is 16.0 Å². The first-order chi connectivity index (χ1) is 33.4. The maximum absolute atomic E-state index is 17.1. The van der Waals surface area contributed by atoms with Gasteiger partial charge in [-0.3, -0.25) is 24.8 Å². The molecule has 2 amide bonds. The minimum atomic E-state index is -1.52. The topological polar surface area (TPSA) is 147 Å². The number of anilines is 2. The number of benzene rings is 3. The van der Waals surface area contributed by atoms with E-state index in [2.05, 4.69) is 25.1 Å². The molecule has 2 aromatic heterocycles. The summed E-state index contributed by atoms with van der Waals surface area (Å²) in [6.45, 7) is 9.12. The van der Waals surface area contributed by atoms with E-state index in [1.807, 2.05) is 11.8 Å². The molecule has 5 aromatic rings. The lowest BCUT2D eigenvalue weighted by atomic mass is 9.71. The number of imide groups is 1. The van der Waals surface area contributed by atoms with E-state index in [0.29, 0.717) is 60.0 Å². The Kier molecular flexibility index (Phi) is 11.5. The highest BCUT2D eigenvalue weighted by atomic mass is 19.2. The number of nitrogens with one attached hydrogen (secondary N) is 1. The van der Waals surface area contributed by atoms with Crippen LogP contribution < -0.4 is 19.9 Å². The molecule has 11 rings (SSSR count). The first-order valence-electron chi connectivity index (χ1n) is 24.5. The van der Waals surface area contributed by atoms with E-state index >= 15 is 22.0 Å². The van der Waals surface area contributed by atoms with Gasteiger partial charge in [0.1, 0.15) is 40.2 Å². The lowest BCUT2D eigenvalue weighted by Crippen LogP contribution is -2.69. The predicted molar refractivity (Wildman–Crippen MR) is 253 cm³/mol. The SMILES string of the molecule is CCc1c(F)ccc2cc(O)cc(-c3ncc4c(N5CCC[C@@](C)(O)C5)nc(OCC5(CN6CCC7(CC6)CN(CC6(F)CN(c8cc(F)c(C9CCC(=O)NC9=O)c(F)c8)C6)C7)CC5)nc4c3F)c12. The number of β-amino-alcohol motifs (C(OH)–C–C–N with tert-alkyl or cyclic N) is 1. The smallest absolute Gasteiger partial charge is 0.319 e. The number of carbonyl (C=O) groups is 2. The van der Waals surface area contributed by atoms with Crippen LogP contribution in [0.25, 0.3) is 32.9 Å². The number of carbonyl (C=O) groups excluding carboxylic acids is 2. The van der Waals surface area contributed by atoms with Gasteiger partial charge in [0.2, 0.25) is 11.8 Å². The maximum Gasteiger partial charge on any atom is 0.319 e. The molecule has 5 aliphatic heterocycles. The zero-order valence-electron chi connectivity index (χ0n) is 39.4. The number of pyridine rings is 1. The van der Waals surface area contributed by atoms with Crippen LogP contribution >= 0.6 is 0 Å². The largest absolute Gasteiger partial charge is 0.508 e. The molecule has 6 fully saturated rings. The number of aliphatic hydroxyl groups is 1. The summed E-state index contributed by atoms with van der Waals surface area (Å²) < 4.78 is 85.0. The molecule has 1 aliphatic carbocycles. The van der Waals surface area contributed by atoms with Crippen LogP contribution in [-0.4, -0.2) is 130 Å². The van der Waals surface area contributed by atoms with Gasteiger partial charge in [0.15, 0.2) is 11.5 Å². The highest BCUT2D eigenvalue weighted by molar-refractivity contribution is 6.02. The average molecular weight is 969 g/mol. The molecular formula is C52H57F5N8O5. The van der Waals surface area contributed by atoms with Crippen LogP contribution in [0.2, 0.25) is 0 Å². The van der Waals surface area contributed by atoms with Crippen LogP contribution in [0.1, 0.15) is 82.3 Å². The number of nitrogens with zero attached hydrogens (tertiary/aromatic N) is 7. The number of alkyl halides is 1. The Balaban J connectivity index is 0.730. The Labute approximate surface area is 402 Å². The third-order valence-electron chi connectivity index (χ3n) is 15.9. The number of likely N-dealkylation sites (tertiary alicyclic amines) is 2. The summed E-state index contributed by atoms with van der Waals surface area (Å²) in [6.07, 6.45) is 6.98. The second-order valence-electron chi connectivity index (χ2n) is 21.5. The van der Waals surface area contributed by atoms with Gasteiger partial charge in [-0.05, 0) is 123 Å². The van der Waals surface area contributed by atoms with Gasteiger partial charge in [-0.15, -0.1) is 0 Å². The Bertz CT molecular complexity index is 2910. The van der Waals surface area contributed by atoms with E-state index in [4.69, 9.17) is 9.72 Å². The molecule has 18 heteroatoms. The molecule has 13 nitrogen and oxygen atoms in total. The molecule has 1 spiro atoms. The van der Waals surface area contributed by atoms with Gasteiger partial charge in [-0.25, -0.2) is 22.0 Å². The lowest BCUT2D eigenvalue weighted by molar-refractivity contribution is -0.134. The van der Waals surface area contributed by atoms with Crippen molar-refractivity contribution in [1.29, 1.82) is 0 Å². The minimum Gasteiger partial charge on any atom is -0.508 e. The van der Waals surface area contributed by atoms with Gasteiger partial charge in [0, 0.05) is 74.1 Å². The molecule has 6 aliphatic rings. The quantitative estimate of drug-likeness (QED) is 0.0851. The number of amides is 2. The lowest BCUT2D eigenvalue weighted by Gasteiger charge is -2.57. The Morgan fingerprint density at radius 3 is 2.29 bits per heavy atom. The van der Waals surface area contributed by atoms with Crippen molar-refractivity contribution in [2.45, 2.75) is 88.8 Å². The Morgan fingerprint density at radius 1 is 0.857 bits per heavy atom. The van der Waals surface area contributed by atoms with Crippen LogP contribution in [0, 0.1) is 34.1 Å². The summed E-state index contributed by atoms with van der Waals surface area (Å²) in [5, 5.41) is 25.3. The molecule has 3 N–H and O–H groups in total. The zero-order valence-corrected chi connectivity index (χ0v) is 39.4. The van der Waals surface area contributed by atoms with E-state index in [1.54, 1.807) is 17.9 Å². The molecule has 2 atom stereocenters. The summed E-state index contributed by atoms with van der Waals surface area (Å²) in [4.78, 5) is 46.0. The van der Waals surface area contributed by atoms with Crippen LogP contribution in [0.3, 0.4) is 0 Å². The first-order valence-corrected chi connectivity index (χ1v) is 24.5. The van der Waals surface area contributed by atoms with E-state index in [0.717, 1.165) is 70.5 Å². The van der Waals surface area contributed by atoms with Gasteiger partial charge in [-0.1, -0.05) is 13.0 Å². The fourth-order valence-corrected chi connectivity index (χ4v) is 12.1. The number of hydrogen-bond donors (Lipinski definition) is 3. The predicted octanol–water partition coefficient (Wildman–Crippen LogP) is 7.33. The van der Waals surface area contributed by atoms with Gasteiger partial charge >= 0.3 is 6.01 Å². The Morgan fingerprint density at radius 2 is 1.60 bits per heavy atom. The van der Waals surface area contributed by atoms with Crippen molar-refractivity contribution in [3.63, 3.8) is 0 Å². The number of phenols is 1. The highest BCUT2D eigenvalue weighted by Gasteiger charge is 2.53. The van der Waals surface area contributed by atoms with Crippen molar-refractivity contribution in [1.82, 2.24) is 30.1 Å². The second kappa shape index (κ2) is 17.3. The number of halogens is 5. The molecule has 370 valence electrons. The van der Waals surface area contributed by atoms with Gasteiger partial charge in [0.05, 0.1) is 36.6 Å². The average Bonchev–Trinajstić information content (AvgIpc) is 4.06. The molecule has 7 heterocycles. The molecule has 3 aromatic carbocycles. The van der Waals surface area contributed by atoms with Crippen molar-refractivity contribution >= 4 is 45.0 Å². The molecule has 70 heavy (non-hydrogen) atoms. The zero-order chi connectivity index (χ0) is 48.9. The molecule has 1 saturated carbocycles. The van der Waals surface area contributed by atoms with Crippen molar-refractivity contribution in [2.24, 2.45) is 10.8 Å². The number of ether oxygens (including phenoxy) is 1. The van der Waals surface area contributed by atoms with Crippen molar-refractivity contribution in [3.8, 4) is 23.0 Å². The number of rotatable bonds is 12. The van der Waals surface area contributed by atoms with Crippen molar-refractivity contribution < 1.29 is 46.5 Å². The van der Waals surface area contributed by atoms with E-state index in [9.17, 15) is 19.8 Å². The molecular weight excluding hydrogens is 912 g/mol. The summed E-state index contributed by atoms with van der Waals surface area (Å²) in [6, 6.07) is 8.10. The number of aryl methyl sites for hydroxylation is 1. The fourth-order valence-electron chi connectivity index (χ4n) is 12.1. The molecule has 1 unspecified atom stereocenters. The summed E-state index contributed by atoms with van der Waals surface area (Å²) in [5.74, 6) is -4.96. The monoisotopic (exact) mass is 968 g/mol. The first kappa shape index (κ1) is 46.7. The van der Waals surface area contributed by atoms with Crippen LogP contribution in [0.15, 0.2) is 42.6 Å². The van der Waals surface area contributed by atoms with E-state index in [1.165, 1.54) is 24.4 Å². The van der Waals surface area contributed by atoms with Crippen LogP contribution in [0.4, 0.5) is 33.5 Å². The highest BCUT2D eigenvalue weighted by Crippen LogP contribution is 2.49. The number of phenolic OH excluding ortho intramolecular Hbond substituents is 1.